The maximum Gasteiger partial charge on any atom is -0.0379 e. The second-order valence-corrected chi connectivity index (χ2v) is 1.68. The third-order valence-corrected chi connectivity index (χ3v) is 0.471. The standard InChI is InChI=1S/C5H10.C3H8.2C2H6.CH4/c1-3-5-4-2;1-3-2;2*1-2;/h3,5H,4H2,1-2H3;3H2,1-2H3;2*1-2H3;1H4/b5-3+;;;;. The zero-order chi connectivity index (χ0) is 10.8. The van der Waals surface area contributed by atoms with Crippen molar-refractivity contribution in [2.45, 2.75) is 75.7 Å². The fourth-order valence-corrected chi connectivity index (χ4v) is 0.236. The van der Waals surface area contributed by atoms with Crippen molar-refractivity contribution in [2.24, 2.45) is 0 Å². The highest BCUT2D eigenvalue weighted by Crippen LogP contribution is 1.73. The van der Waals surface area contributed by atoms with Crippen molar-refractivity contribution < 1.29 is 0 Å². The monoisotopic (exact) mass is 190 g/mol. The van der Waals surface area contributed by atoms with Gasteiger partial charge in [0.2, 0.25) is 0 Å². The quantitative estimate of drug-likeness (QED) is 0.440. The molecule has 0 bridgehead atoms. The molecule has 13 heavy (non-hydrogen) atoms. The molecule has 0 rings (SSSR count). The van der Waals surface area contributed by atoms with Crippen LogP contribution in [0.3, 0.4) is 0 Å². The topological polar surface area (TPSA) is 0 Å². The SMILES string of the molecule is C.C/C=C/CC.CC.CC.CCC. The van der Waals surface area contributed by atoms with Crippen LogP contribution < -0.4 is 0 Å². The van der Waals surface area contributed by atoms with E-state index in [4.69, 9.17) is 0 Å². The summed E-state index contributed by atoms with van der Waals surface area (Å²) in [6.45, 7) is 16.4. The third kappa shape index (κ3) is 368. The van der Waals surface area contributed by atoms with E-state index in [2.05, 4.69) is 32.9 Å². The van der Waals surface area contributed by atoms with Gasteiger partial charge in [-0.1, -0.05) is 74.5 Å². The predicted molar refractivity (Wildman–Crippen MR) is 70.5 cm³/mol. The zero-order valence-corrected chi connectivity index (χ0v) is 10.6. The van der Waals surface area contributed by atoms with Crippen LogP contribution in [-0.2, 0) is 0 Å². The van der Waals surface area contributed by atoms with E-state index in [-0.39, 0.29) is 7.43 Å². The predicted octanol–water partition coefficient (Wildman–Crippen LogP) is 6.08. The summed E-state index contributed by atoms with van der Waals surface area (Å²) in [7, 11) is 0. The largest absolute Gasteiger partial charge is 0.0917 e. The highest BCUT2D eigenvalue weighted by atomic mass is 13.6. The van der Waals surface area contributed by atoms with E-state index in [0.717, 1.165) is 6.42 Å². The summed E-state index contributed by atoms with van der Waals surface area (Å²) in [6, 6.07) is 0. The van der Waals surface area contributed by atoms with Crippen molar-refractivity contribution in [1.82, 2.24) is 0 Å². The van der Waals surface area contributed by atoms with Gasteiger partial charge in [0.25, 0.3) is 0 Å². The summed E-state index contributed by atoms with van der Waals surface area (Å²) in [6.07, 6.45) is 6.59. The van der Waals surface area contributed by atoms with Crippen LogP contribution in [0.1, 0.15) is 75.7 Å². The summed E-state index contributed by atoms with van der Waals surface area (Å²) in [5, 5.41) is 0. The van der Waals surface area contributed by atoms with Crippen molar-refractivity contribution >= 4 is 0 Å². The van der Waals surface area contributed by atoms with Crippen LogP contribution in [0.5, 0.6) is 0 Å². The second kappa shape index (κ2) is 96.8. The minimum Gasteiger partial charge on any atom is -0.0917 e. The Kier molecular flexibility index (Phi) is 218. The Balaban J connectivity index is -0.0000000235. The zero-order valence-electron chi connectivity index (χ0n) is 10.6. The molecule has 0 saturated carbocycles. The molecule has 0 heteroatoms. The van der Waals surface area contributed by atoms with Crippen LogP contribution in [0, 0.1) is 0 Å². The van der Waals surface area contributed by atoms with E-state index >= 15 is 0 Å². The Labute approximate surface area is 88.5 Å². The molecule has 0 aliphatic rings. The van der Waals surface area contributed by atoms with Gasteiger partial charge in [-0.05, 0) is 13.3 Å². The molecule has 0 radical (unpaired) electrons. The second-order valence-electron chi connectivity index (χ2n) is 1.68. The highest BCUT2D eigenvalue weighted by Gasteiger charge is 1.52. The van der Waals surface area contributed by atoms with Gasteiger partial charge in [0.1, 0.15) is 0 Å². The number of allylic oxidation sites excluding steroid dienone is 2. The highest BCUT2D eigenvalue weighted by molar-refractivity contribution is 4.73. The fraction of sp³-hybridized carbons (Fsp3) is 0.846. The van der Waals surface area contributed by atoms with Gasteiger partial charge >= 0.3 is 0 Å². The minimum absolute atomic E-state index is 0. The fourth-order valence-electron chi connectivity index (χ4n) is 0.236. The molecule has 0 spiro atoms. The van der Waals surface area contributed by atoms with E-state index in [1.54, 1.807) is 0 Å². The summed E-state index contributed by atoms with van der Waals surface area (Å²) < 4.78 is 0. The Hall–Kier alpha value is -0.260. The molecule has 0 fully saturated rings. The molecule has 0 saturated heterocycles. The van der Waals surface area contributed by atoms with E-state index in [1.165, 1.54) is 6.42 Å². The van der Waals surface area contributed by atoms with Crippen molar-refractivity contribution in [3.05, 3.63) is 12.2 Å². The van der Waals surface area contributed by atoms with Crippen LogP contribution in [0.4, 0.5) is 0 Å². The molecule has 0 aromatic rings. The lowest BCUT2D eigenvalue weighted by Crippen LogP contribution is -1.43. The van der Waals surface area contributed by atoms with Gasteiger partial charge in [-0.2, -0.15) is 0 Å². The van der Waals surface area contributed by atoms with Gasteiger partial charge < -0.3 is 0 Å². The average Bonchev–Trinajstić information content (AvgIpc) is 2.14. The Bertz CT molecular complexity index is 35.3. The number of rotatable bonds is 1. The molecule has 0 nitrogen and oxygen atoms in total. The maximum atomic E-state index is 2.12. The molecule has 86 valence electrons. The van der Waals surface area contributed by atoms with Gasteiger partial charge in [-0.25, -0.2) is 0 Å². The van der Waals surface area contributed by atoms with E-state index in [9.17, 15) is 0 Å². The van der Waals surface area contributed by atoms with Crippen molar-refractivity contribution in [3.63, 3.8) is 0 Å². The lowest BCUT2D eigenvalue weighted by atomic mass is 10.4. The first-order valence-electron chi connectivity index (χ1n) is 5.44. The number of hydrogen-bond acceptors (Lipinski definition) is 0. The lowest BCUT2D eigenvalue weighted by molar-refractivity contribution is 1.09. The Morgan fingerprint density at radius 2 is 1.08 bits per heavy atom. The van der Waals surface area contributed by atoms with E-state index in [1.807, 2.05) is 34.6 Å². The van der Waals surface area contributed by atoms with E-state index < -0.39 is 0 Å². The van der Waals surface area contributed by atoms with Crippen LogP contribution in [0.25, 0.3) is 0 Å². The molecule has 0 unspecified atom stereocenters. The molecular formula is C13H34. The molecule has 0 aromatic heterocycles. The van der Waals surface area contributed by atoms with Crippen molar-refractivity contribution in [2.75, 3.05) is 0 Å². The normalized spacial score (nSPS) is 6.15. The Morgan fingerprint density at radius 1 is 0.846 bits per heavy atom. The van der Waals surface area contributed by atoms with Crippen LogP contribution in [0.15, 0.2) is 12.2 Å². The number of hydrogen-bond donors (Lipinski definition) is 0. The first-order chi connectivity index (χ1) is 5.83. The third-order valence-electron chi connectivity index (χ3n) is 0.471. The molecule has 0 aromatic carbocycles. The first-order valence-corrected chi connectivity index (χ1v) is 5.44. The summed E-state index contributed by atoms with van der Waals surface area (Å²) >= 11 is 0. The Morgan fingerprint density at radius 3 is 1.08 bits per heavy atom. The molecular weight excluding hydrogens is 156 g/mol. The summed E-state index contributed by atoms with van der Waals surface area (Å²) in [5.41, 5.74) is 0. The molecule has 0 N–H and O–H groups in total. The lowest BCUT2D eigenvalue weighted by Gasteiger charge is -1.65. The molecule has 0 atom stereocenters. The maximum absolute atomic E-state index is 2.12. The summed E-state index contributed by atoms with van der Waals surface area (Å²) in [5.74, 6) is 0. The van der Waals surface area contributed by atoms with Gasteiger partial charge in [-0.15, -0.1) is 0 Å². The van der Waals surface area contributed by atoms with Crippen molar-refractivity contribution in [1.29, 1.82) is 0 Å². The molecule has 0 amide bonds. The van der Waals surface area contributed by atoms with Gasteiger partial charge in [0.15, 0.2) is 0 Å². The van der Waals surface area contributed by atoms with Gasteiger partial charge in [0, 0.05) is 0 Å². The first kappa shape index (κ1) is 29.3. The van der Waals surface area contributed by atoms with Crippen LogP contribution in [0.2, 0.25) is 0 Å². The molecule has 0 aliphatic carbocycles. The summed E-state index contributed by atoms with van der Waals surface area (Å²) in [4.78, 5) is 0. The molecule has 0 aliphatic heterocycles. The average molecular weight is 190 g/mol. The smallest absolute Gasteiger partial charge is 0.0379 e. The van der Waals surface area contributed by atoms with E-state index in [0.29, 0.717) is 0 Å². The van der Waals surface area contributed by atoms with Gasteiger partial charge in [0.05, 0.1) is 0 Å². The van der Waals surface area contributed by atoms with Crippen molar-refractivity contribution in [3.8, 4) is 0 Å². The van der Waals surface area contributed by atoms with Gasteiger partial charge in [-0.3, -0.25) is 0 Å². The van der Waals surface area contributed by atoms with Crippen LogP contribution in [-0.4, -0.2) is 0 Å². The minimum atomic E-state index is 0. The van der Waals surface area contributed by atoms with Crippen LogP contribution >= 0.6 is 0 Å². The molecule has 0 heterocycles.